The predicted octanol–water partition coefficient (Wildman–Crippen LogP) is 4.57. The largest absolute Gasteiger partial charge is 0.490 e. The fraction of sp³-hybridized carbons (Fsp3) is 0.435. The first-order chi connectivity index (χ1) is 13.5. The molecule has 0 spiro atoms. The van der Waals surface area contributed by atoms with Gasteiger partial charge in [0.15, 0.2) is 17.6 Å². The van der Waals surface area contributed by atoms with Gasteiger partial charge in [-0.25, -0.2) is 0 Å². The Morgan fingerprint density at radius 2 is 1.57 bits per heavy atom. The standard InChI is InChI=1S/C23H31NO4/c1-6-20(28-19-12-16(4)11-17(5)13-19)23(25)24-15-18-9-10-21(26-7-2)22(14-18)27-8-3/h9-14,20H,6-8,15H2,1-5H3,(H,24,25). The number of rotatable bonds is 10. The van der Waals surface area contributed by atoms with Gasteiger partial charge in [-0.15, -0.1) is 0 Å². The number of carbonyl (C=O) groups excluding carboxylic acids is 1. The zero-order valence-corrected chi connectivity index (χ0v) is 17.5. The molecule has 5 nitrogen and oxygen atoms in total. The van der Waals surface area contributed by atoms with E-state index in [0.717, 1.165) is 22.4 Å². The van der Waals surface area contributed by atoms with E-state index in [4.69, 9.17) is 14.2 Å². The van der Waals surface area contributed by atoms with Crippen LogP contribution in [0, 0.1) is 13.8 Å². The van der Waals surface area contributed by atoms with Crippen LogP contribution in [0.1, 0.15) is 43.9 Å². The molecule has 0 bridgehead atoms. The van der Waals surface area contributed by atoms with Crippen LogP contribution in [0.4, 0.5) is 0 Å². The van der Waals surface area contributed by atoms with E-state index in [1.165, 1.54) is 0 Å². The first-order valence-corrected chi connectivity index (χ1v) is 9.87. The van der Waals surface area contributed by atoms with Crippen molar-refractivity contribution in [2.45, 2.75) is 53.7 Å². The van der Waals surface area contributed by atoms with Crippen molar-refractivity contribution in [1.82, 2.24) is 5.32 Å². The van der Waals surface area contributed by atoms with Crippen molar-refractivity contribution in [2.75, 3.05) is 13.2 Å². The number of amides is 1. The highest BCUT2D eigenvalue weighted by atomic mass is 16.5. The second kappa shape index (κ2) is 10.6. The number of hydrogen-bond donors (Lipinski definition) is 1. The molecule has 2 rings (SSSR count). The molecule has 0 radical (unpaired) electrons. The molecule has 5 heteroatoms. The molecule has 28 heavy (non-hydrogen) atoms. The molecule has 0 aromatic heterocycles. The zero-order chi connectivity index (χ0) is 20.5. The molecular formula is C23H31NO4. The minimum atomic E-state index is -0.532. The number of benzene rings is 2. The van der Waals surface area contributed by atoms with Gasteiger partial charge >= 0.3 is 0 Å². The molecule has 2 aromatic carbocycles. The first-order valence-electron chi connectivity index (χ1n) is 9.87. The molecule has 152 valence electrons. The van der Waals surface area contributed by atoms with Crippen molar-refractivity contribution in [3.63, 3.8) is 0 Å². The molecule has 0 fully saturated rings. The minimum absolute atomic E-state index is 0.131. The van der Waals surface area contributed by atoms with Crippen LogP contribution in [0.25, 0.3) is 0 Å². The number of carbonyl (C=O) groups is 1. The fourth-order valence-electron chi connectivity index (χ4n) is 3.00. The highest BCUT2D eigenvalue weighted by Crippen LogP contribution is 2.28. The van der Waals surface area contributed by atoms with E-state index in [2.05, 4.69) is 11.4 Å². The predicted molar refractivity (Wildman–Crippen MR) is 111 cm³/mol. The molecule has 0 saturated heterocycles. The van der Waals surface area contributed by atoms with E-state index in [9.17, 15) is 4.79 Å². The minimum Gasteiger partial charge on any atom is -0.490 e. The van der Waals surface area contributed by atoms with E-state index in [1.807, 2.05) is 65.0 Å². The summed E-state index contributed by atoms with van der Waals surface area (Å²) in [6.45, 7) is 11.4. The average Bonchev–Trinajstić information content (AvgIpc) is 2.65. The molecule has 1 unspecified atom stereocenters. The molecule has 2 aromatic rings. The van der Waals surface area contributed by atoms with Crippen LogP contribution in [-0.4, -0.2) is 25.2 Å². The van der Waals surface area contributed by atoms with E-state index in [-0.39, 0.29) is 5.91 Å². The van der Waals surface area contributed by atoms with Gasteiger partial charge in [0.2, 0.25) is 0 Å². The SMILES string of the molecule is CCOc1ccc(CNC(=O)C(CC)Oc2cc(C)cc(C)c2)cc1OCC. The van der Waals surface area contributed by atoms with Crippen LogP contribution < -0.4 is 19.5 Å². The third kappa shape index (κ3) is 6.19. The molecule has 0 aliphatic heterocycles. The Hall–Kier alpha value is -2.69. The Labute approximate surface area is 168 Å². The van der Waals surface area contributed by atoms with Gasteiger partial charge in [-0.1, -0.05) is 19.1 Å². The lowest BCUT2D eigenvalue weighted by atomic mass is 10.1. The number of aryl methyl sites for hydroxylation is 2. The molecule has 1 amide bonds. The van der Waals surface area contributed by atoms with Crippen LogP contribution in [0.2, 0.25) is 0 Å². The Balaban J connectivity index is 2.01. The van der Waals surface area contributed by atoms with Gasteiger partial charge < -0.3 is 19.5 Å². The second-order valence-corrected chi connectivity index (χ2v) is 6.70. The lowest BCUT2D eigenvalue weighted by Crippen LogP contribution is -2.37. The molecule has 0 aliphatic rings. The third-order valence-electron chi connectivity index (χ3n) is 4.21. The quantitative estimate of drug-likeness (QED) is 0.651. The normalized spacial score (nSPS) is 11.6. The van der Waals surface area contributed by atoms with Gasteiger partial charge in [-0.2, -0.15) is 0 Å². The summed E-state index contributed by atoms with van der Waals surface area (Å²) in [4.78, 5) is 12.6. The maximum absolute atomic E-state index is 12.6. The van der Waals surface area contributed by atoms with Crippen LogP contribution in [0.3, 0.4) is 0 Å². The van der Waals surface area contributed by atoms with Crippen molar-refractivity contribution in [1.29, 1.82) is 0 Å². The third-order valence-corrected chi connectivity index (χ3v) is 4.21. The lowest BCUT2D eigenvalue weighted by molar-refractivity contribution is -0.128. The highest BCUT2D eigenvalue weighted by Gasteiger charge is 2.18. The molecular weight excluding hydrogens is 354 g/mol. The maximum Gasteiger partial charge on any atom is 0.261 e. The first kappa shape index (κ1) is 21.6. The van der Waals surface area contributed by atoms with E-state index >= 15 is 0 Å². The van der Waals surface area contributed by atoms with Crippen molar-refractivity contribution >= 4 is 5.91 Å². The zero-order valence-electron chi connectivity index (χ0n) is 17.5. The monoisotopic (exact) mass is 385 g/mol. The summed E-state index contributed by atoms with van der Waals surface area (Å²) in [5.41, 5.74) is 3.17. The van der Waals surface area contributed by atoms with Crippen molar-refractivity contribution in [3.8, 4) is 17.2 Å². The molecule has 1 atom stereocenters. The number of hydrogen-bond acceptors (Lipinski definition) is 4. The molecule has 1 N–H and O–H groups in total. The summed E-state index contributed by atoms with van der Waals surface area (Å²) in [6.07, 6.45) is 0.0574. The molecule has 0 aliphatic carbocycles. The summed E-state index contributed by atoms with van der Waals surface area (Å²) in [5, 5.41) is 2.96. The van der Waals surface area contributed by atoms with Crippen molar-refractivity contribution in [3.05, 3.63) is 53.1 Å². The Morgan fingerprint density at radius 3 is 2.18 bits per heavy atom. The lowest BCUT2D eigenvalue weighted by Gasteiger charge is -2.18. The van der Waals surface area contributed by atoms with E-state index in [0.29, 0.717) is 37.7 Å². The number of ether oxygens (including phenoxy) is 3. The van der Waals surface area contributed by atoms with Crippen molar-refractivity contribution < 1.29 is 19.0 Å². The van der Waals surface area contributed by atoms with Gasteiger partial charge in [0.25, 0.3) is 5.91 Å². The summed E-state index contributed by atoms with van der Waals surface area (Å²) in [5.74, 6) is 1.99. The van der Waals surface area contributed by atoms with Gasteiger partial charge in [0.1, 0.15) is 5.75 Å². The van der Waals surface area contributed by atoms with Gasteiger partial charge in [0.05, 0.1) is 13.2 Å². The Kier molecular flexibility index (Phi) is 8.18. The molecule has 0 heterocycles. The van der Waals surface area contributed by atoms with Gasteiger partial charge in [0, 0.05) is 6.54 Å². The summed E-state index contributed by atoms with van der Waals surface area (Å²) in [7, 11) is 0. The summed E-state index contributed by atoms with van der Waals surface area (Å²) in [6, 6.07) is 11.7. The number of nitrogens with one attached hydrogen (secondary N) is 1. The average molecular weight is 386 g/mol. The summed E-state index contributed by atoms with van der Waals surface area (Å²) < 4.78 is 17.2. The highest BCUT2D eigenvalue weighted by molar-refractivity contribution is 5.81. The Morgan fingerprint density at radius 1 is 0.929 bits per heavy atom. The van der Waals surface area contributed by atoms with Crippen LogP contribution in [0.15, 0.2) is 36.4 Å². The second-order valence-electron chi connectivity index (χ2n) is 6.70. The fourth-order valence-corrected chi connectivity index (χ4v) is 3.00. The van der Waals surface area contributed by atoms with Crippen molar-refractivity contribution in [2.24, 2.45) is 0 Å². The Bertz CT molecular complexity index is 768. The van der Waals surface area contributed by atoms with Crippen LogP contribution in [-0.2, 0) is 11.3 Å². The van der Waals surface area contributed by atoms with Crippen LogP contribution >= 0.6 is 0 Å². The van der Waals surface area contributed by atoms with Gasteiger partial charge in [-0.3, -0.25) is 4.79 Å². The smallest absolute Gasteiger partial charge is 0.261 e. The van der Waals surface area contributed by atoms with Crippen LogP contribution in [0.5, 0.6) is 17.2 Å². The van der Waals surface area contributed by atoms with E-state index < -0.39 is 6.10 Å². The van der Waals surface area contributed by atoms with Gasteiger partial charge in [-0.05, 0) is 75.1 Å². The maximum atomic E-state index is 12.6. The molecule has 0 saturated carbocycles. The van der Waals surface area contributed by atoms with E-state index in [1.54, 1.807) is 0 Å². The summed E-state index contributed by atoms with van der Waals surface area (Å²) >= 11 is 0. The topological polar surface area (TPSA) is 56.8 Å².